The fraction of sp³-hybridized carbons (Fsp3) is 0.476. The zero-order valence-electron chi connectivity index (χ0n) is 18.1. The van der Waals surface area contributed by atoms with Crippen molar-refractivity contribution >= 4 is 29.7 Å². The molecular weight excluding hydrogens is 427 g/mol. The third-order valence-corrected chi connectivity index (χ3v) is 4.32. The molecule has 0 unspecified atom stereocenters. The first-order valence-electron chi connectivity index (χ1n) is 9.96. The second-order valence-electron chi connectivity index (χ2n) is 6.74. The van der Waals surface area contributed by atoms with Gasteiger partial charge in [-0.2, -0.15) is 0 Å². The minimum Gasteiger partial charge on any atom is -0.480 e. The maximum absolute atomic E-state index is 14.0. The lowest BCUT2D eigenvalue weighted by Gasteiger charge is -2.25. The number of carboxylic acids is 1. The predicted molar refractivity (Wildman–Crippen MR) is 109 cm³/mol. The summed E-state index contributed by atoms with van der Waals surface area (Å²) in [6.45, 7) is 4.09. The normalized spacial score (nSPS) is 13.2. The van der Waals surface area contributed by atoms with Gasteiger partial charge in [-0.3, -0.25) is 19.2 Å². The molecule has 0 radical (unpaired) electrons. The Hall–Kier alpha value is -3.50. The lowest BCUT2D eigenvalue weighted by atomic mass is 9.95. The van der Waals surface area contributed by atoms with Crippen LogP contribution in [0.1, 0.15) is 32.8 Å². The van der Waals surface area contributed by atoms with E-state index in [9.17, 15) is 33.5 Å². The molecule has 1 rings (SSSR count). The molecule has 32 heavy (non-hydrogen) atoms. The van der Waals surface area contributed by atoms with Crippen molar-refractivity contribution in [1.82, 2.24) is 10.6 Å². The fourth-order valence-electron chi connectivity index (χ4n) is 2.91. The van der Waals surface area contributed by atoms with Crippen LogP contribution in [0, 0.1) is 11.7 Å². The summed E-state index contributed by atoms with van der Waals surface area (Å²) in [7, 11) is 0. The number of esters is 2. The molecule has 3 N–H and O–H groups in total. The first-order valence-corrected chi connectivity index (χ1v) is 9.96. The molecule has 0 aliphatic rings. The number of rotatable bonds is 12. The number of hydrogen-bond acceptors (Lipinski definition) is 7. The molecule has 176 valence electrons. The molecule has 0 aliphatic heterocycles. The zero-order chi connectivity index (χ0) is 24.3. The van der Waals surface area contributed by atoms with Crippen LogP contribution in [-0.4, -0.2) is 60.1 Å². The molecule has 3 atom stereocenters. The van der Waals surface area contributed by atoms with E-state index in [4.69, 9.17) is 9.47 Å². The number of hydrogen-bond donors (Lipinski definition) is 3. The van der Waals surface area contributed by atoms with E-state index in [1.807, 2.05) is 0 Å². The van der Waals surface area contributed by atoms with Crippen molar-refractivity contribution in [3.8, 4) is 0 Å². The standard InChI is InChI=1S/C21H27FN2O8/c1-4-31-17(26)11-14(21(30)32-5-2)18(20(28)29)24-19(27)16(23-12(3)25)10-13-8-6-7-9-15(13)22/h6-9,14,16,18H,4-5,10-11H2,1-3H3,(H,23,25)(H,24,27)(H,28,29)/t14-,16-,18-/m0/s1. The Morgan fingerprint density at radius 1 is 1.03 bits per heavy atom. The van der Waals surface area contributed by atoms with Gasteiger partial charge in [0.15, 0.2) is 0 Å². The third-order valence-electron chi connectivity index (χ3n) is 4.32. The summed E-state index contributed by atoms with van der Waals surface area (Å²) >= 11 is 0. The summed E-state index contributed by atoms with van der Waals surface area (Å²) in [6.07, 6.45) is -0.922. The van der Waals surface area contributed by atoms with E-state index in [1.54, 1.807) is 0 Å². The number of halogens is 1. The van der Waals surface area contributed by atoms with Crippen LogP contribution in [0.5, 0.6) is 0 Å². The molecule has 0 bridgehead atoms. The van der Waals surface area contributed by atoms with Gasteiger partial charge in [0, 0.05) is 13.3 Å². The average Bonchev–Trinajstić information content (AvgIpc) is 2.71. The fourth-order valence-corrected chi connectivity index (χ4v) is 2.91. The summed E-state index contributed by atoms with van der Waals surface area (Å²) < 4.78 is 23.7. The van der Waals surface area contributed by atoms with Gasteiger partial charge in [0.2, 0.25) is 11.8 Å². The highest BCUT2D eigenvalue weighted by Gasteiger charge is 2.39. The van der Waals surface area contributed by atoms with Crippen LogP contribution in [0.3, 0.4) is 0 Å². The summed E-state index contributed by atoms with van der Waals surface area (Å²) in [5.74, 6) is -7.25. The molecule has 0 fully saturated rings. The molecule has 0 saturated heterocycles. The molecule has 0 aromatic heterocycles. The molecule has 0 spiro atoms. The van der Waals surface area contributed by atoms with E-state index in [0.29, 0.717) is 0 Å². The molecule has 10 nitrogen and oxygen atoms in total. The van der Waals surface area contributed by atoms with Gasteiger partial charge < -0.3 is 25.2 Å². The van der Waals surface area contributed by atoms with Crippen molar-refractivity contribution < 1.29 is 42.9 Å². The number of nitrogens with one attached hydrogen (secondary N) is 2. The van der Waals surface area contributed by atoms with Crippen LogP contribution in [-0.2, 0) is 39.9 Å². The number of aliphatic carboxylic acids is 1. The Kier molecular flexibility index (Phi) is 10.8. The van der Waals surface area contributed by atoms with Crippen LogP contribution < -0.4 is 10.6 Å². The van der Waals surface area contributed by atoms with Gasteiger partial charge in [-0.15, -0.1) is 0 Å². The Morgan fingerprint density at radius 2 is 1.66 bits per heavy atom. The van der Waals surface area contributed by atoms with Gasteiger partial charge in [-0.05, 0) is 25.5 Å². The van der Waals surface area contributed by atoms with Gasteiger partial charge in [0.1, 0.15) is 17.9 Å². The number of carboxylic acid groups (broad SMARTS) is 1. The largest absolute Gasteiger partial charge is 0.480 e. The van der Waals surface area contributed by atoms with Crippen molar-refractivity contribution in [3.05, 3.63) is 35.6 Å². The molecule has 11 heteroatoms. The quantitative estimate of drug-likeness (QED) is 0.388. The van der Waals surface area contributed by atoms with Gasteiger partial charge >= 0.3 is 17.9 Å². The number of carbonyl (C=O) groups excluding carboxylic acids is 4. The summed E-state index contributed by atoms with van der Waals surface area (Å²) in [4.78, 5) is 60.5. The summed E-state index contributed by atoms with van der Waals surface area (Å²) in [5.41, 5.74) is 0.113. The van der Waals surface area contributed by atoms with E-state index < -0.39 is 60.0 Å². The highest BCUT2D eigenvalue weighted by Crippen LogP contribution is 2.15. The maximum atomic E-state index is 14.0. The van der Waals surface area contributed by atoms with Gasteiger partial charge in [-0.25, -0.2) is 9.18 Å². The maximum Gasteiger partial charge on any atom is 0.327 e. The summed E-state index contributed by atoms with van der Waals surface area (Å²) in [6, 6.07) is 2.38. The second kappa shape index (κ2) is 13.0. The van der Waals surface area contributed by atoms with Crippen LogP contribution in [0.4, 0.5) is 4.39 Å². The molecule has 0 aliphatic carbocycles. The van der Waals surface area contributed by atoms with Gasteiger partial charge in [-0.1, -0.05) is 18.2 Å². The summed E-state index contributed by atoms with van der Waals surface area (Å²) in [5, 5.41) is 14.1. The van der Waals surface area contributed by atoms with E-state index in [0.717, 1.165) is 6.92 Å². The minimum absolute atomic E-state index is 0.00568. The number of amides is 2. The minimum atomic E-state index is -1.86. The molecular formula is C21H27FN2O8. The molecule has 1 aromatic rings. The van der Waals surface area contributed by atoms with Crippen molar-refractivity contribution in [2.45, 2.75) is 45.7 Å². The number of benzene rings is 1. The lowest BCUT2D eigenvalue weighted by molar-refractivity contribution is -0.160. The Balaban J connectivity index is 3.16. The molecule has 1 aromatic carbocycles. The number of ether oxygens (including phenoxy) is 2. The predicted octanol–water partition coefficient (Wildman–Crippen LogP) is 0.575. The topological polar surface area (TPSA) is 148 Å². The van der Waals surface area contributed by atoms with E-state index in [1.165, 1.54) is 38.1 Å². The lowest BCUT2D eigenvalue weighted by Crippen LogP contribution is -2.56. The monoisotopic (exact) mass is 454 g/mol. The van der Waals surface area contributed by atoms with E-state index in [2.05, 4.69) is 10.6 Å². The average molecular weight is 454 g/mol. The molecule has 0 saturated carbocycles. The van der Waals surface area contributed by atoms with E-state index in [-0.39, 0.29) is 25.2 Å². The van der Waals surface area contributed by atoms with Crippen LogP contribution in [0.25, 0.3) is 0 Å². The smallest absolute Gasteiger partial charge is 0.327 e. The number of carbonyl (C=O) groups is 5. The van der Waals surface area contributed by atoms with Gasteiger partial charge in [0.25, 0.3) is 0 Å². The van der Waals surface area contributed by atoms with Gasteiger partial charge in [0.05, 0.1) is 25.6 Å². The zero-order valence-corrected chi connectivity index (χ0v) is 18.1. The first kappa shape index (κ1) is 26.5. The SMILES string of the molecule is CCOC(=O)C[C@H](C(=O)OCC)[C@H](NC(=O)[C@H](Cc1ccccc1F)NC(C)=O)C(=O)O. The van der Waals surface area contributed by atoms with Crippen LogP contribution in [0.15, 0.2) is 24.3 Å². The molecule has 2 amide bonds. The van der Waals surface area contributed by atoms with E-state index >= 15 is 0 Å². The Labute approximate surface area is 184 Å². The Bertz CT molecular complexity index is 845. The van der Waals surface area contributed by atoms with Crippen molar-refractivity contribution in [2.24, 2.45) is 5.92 Å². The first-order chi connectivity index (χ1) is 15.1. The highest BCUT2D eigenvalue weighted by atomic mass is 19.1. The second-order valence-corrected chi connectivity index (χ2v) is 6.74. The Morgan fingerprint density at radius 3 is 2.19 bits per heavy atom. The van der Waals surface area contributed by atoms with Crippen molar-refractivity contribution in [1.29, 1.82) is 0 Å². The van der Waals surface area contributed by atoms with Crippen molar-refractivity contribution in [3.63, 3.8) is 0 Å². The van der Waals surface area contributed by atoms with Crippen LogP contribution >= 0.6 is 0 Å². The third kappa shape index (κ3) is 8.32. The van der Waals surface area contributed by atoms with Crippen molar-refractivity contribution in [2.75, 3.05) is 13.2 Å². The van der Waals surface area contributed by atoms with Crippen LogP contribution in [0.2, 0.25) is 0 Å². The highest BCUT2D eigenvalue weighted by molar-refractivity contribution is 5.93. The molecule has 0 heterocycles.